The minimum absolute atomic E-state index is 0.528. The Morgan fingerprint density at radius 3 is 2.94 bits per heavy atom. The molecule has 0 N–H and O–H groups in total. The number of hydrogen-bond acceptors (Lipinski definition) is 3. The van der Waals surface area contributed by atoms with Crippen molar-refractivity contribution in [2.75, 3.05) is 14.1 Å². The van der Waals surface area contributed by atoms with E-state index in [4.69, 9.17) is 0 Å². The maximum Gasteiger partial charge on any atom is 0.0891 e. The third-order valence-corrected chi connectivity index (χ3v) is 4.26. The van der Waals surface area contributed by atoms with Crippen LogP contribution in [0.5, 0.6) is 0 Å². The molecule has 1 atom stereocenters. The molecule has 88 valence electrons. The number of nitrogens with zero attached hydrogens (tertiary/aromatic N) is 2. The molecule has 0 aliphatic heterocycles. The minimum atomic E-state index is 0.528. The van der Waals surface area contributed by atoms with Crippen LogP contribution in [0.15, 0.2) is 30.3 Å². The first kappa shape index (κ1) is 10.9. The van der Waals surface area contributed by atoms with Crippen LogP contribution in [0, 0.1) is 0 Å². The first-order valence-corrected chi connectivity index (χ1v) is 6.76. The van der Waals surface area contributed by atoms with E-state index < -0.39 is 0 Å². The van der Waals surface area contributed by atoms with Crippen LogP contribution in [0.3, 0.4) is 0 Å². The van der Waals surface area contributed by atoms with Gasteiger partial charge in [-0.3, -0.25) is 0 Å². The molecule has 1 unspecified atom stereocenters. The van der Waals surface area contributed by atoms with Crippen molar-refractivity contribution >= 4 is 27.2 Å². The molecule has 0 bridgehead atoms. The highest BCUT2D eigenvalue weighted by Crippen LogP contribution is 2.35. The van der Waals surface area contributed by atoms with Gasteiger partial charge >= 0.3 is 0 Å². The van der Waals surface area contributed by atoms with Crippen LogP contribution in [0.2, 0.25) is 0 Å². The number of hydrogen-bond donors (Lipinski definition) is 0. The van der Waals surface area contributed by atoms with Gasteiger partial charge in [0.05, 0.1) is 10.4 Å². The molecule has 1 aliphatic carbocycles. The van der Waals surface area contributed by atoms with Crippen molar-refractivity contribution in [3.05, 3.63) is 36.0 Å². The summed E-state index contributed by atoms with van der Waals surface area (Å²) in [6, 6.07) is 9.04. The molecule has 0 radical (unpaired) electrons. The summed E-state index contributed by atoms with van der Waals surface area (Å²) in [6.07, 6.45) is 4.74. The largest absolute Gasteiger partial charge is 0.302 e. The molecule has 0 saturated heterocycles. The molecule has 1 aromatic heterocycles. The highest BCUT2D eigenvalue weighted by molar-refractivity contribution is 7.13. The zero-order valence-electron chi connectivity index (χ0n) is 10.2. The summed E-state index contributed by atoms with van der Waals surface area (Å²) in [7, 11) is 4.30. The van der Waals surface area contributed by atoms with E-state index in [9.17, 15) is 0 Å². The molecule has 17 heavy (non-hydrogen) atoms. The molecule has 3 heteroatoms. The van der Waals surface area contributed by atoms with E-state index in [-0.39, 0.29) is 0 Å². The van der Waals surface area contributed by atoms with E-state index in [1.807, 2.05) is 0 Å². The van der Waals surface area contributed by atoms with Crippen molar-refractivity contribution in [2.24, 2.45) is 0 Å². The van der Waals surface area contributed by atoms with Crippen molar-refractivity contribution in [1.82, 2.24) is 9.27 Å². The van der Waals surface area contributed by atoms with Crippen LogP contribution in [-0.4, -0.2) is 29.4 Å². The fraction of sp³-hybridized carbons (Fsp3) is 0.357. The van der Waals surface area contributed by atoms with Gasteiger partial charge in [0.25, 0.3) is 0 Å². The topological polar surface area (TPSA) is 16.1 Å². The number of allylic oxidation sites excluding steroid dienone is 1. The molecule has 1 aromatic carbocycles. The summed E-state index contributed by atoms with van der Waals surface area (Å²) in [4.78, 5) is 2.30. The van der Waals surface area contributed by atoms with Crippen molar-refractivity contribution in [1.29, 1.82) is 0 Å². The molecule has 0 spiro atoms. The third-order valence-electron chi connectivity index (χ3n) is 3.44. The maximum absolute atomic E-state index is 4.66. The van der Waals surface area contributed by atoms with E-state index in [1.165, 1.54) is 34.2 Å². The zero-order valence-corrected chi connectivity index (χ0v) is 11.0. The predicted molar refractivity (Wildman–Crippen MR) is 74.3 cm³/mol. The van der Waals surface area contributed by atoms with Crippen LogP contribution in [0.25, 0.3) is 15.7 Å². The fourth-order valence-electron chi connectivity index (χ4n) is 2.57. The smallest absolute Gasteiger partial charge is 0.0891 e. The van der Waals surface area contributed by atoms with E-state index in [2.05, 4.69) is 53.7 Å². The van der Waals surface area contributed by atoms with Crippen LogP contribution in [-0.2, 0) is 0 Å². The molecule has 1 aliphatic rings. The summed E-state index contributed by atoms with van der Waals surface area (Å²) in [5.41, 5.74) is 2.61. The Balaban J connectivity index is 2.10. The molecular weight excluding hydrogens is 228 g/mol. The number of rotatable bonds is 2. The van der Waals surface area contributed by atoms with Crippen LogP contribution >= 0.6 is 11.5 Å². The van der Waals surface area contributed by atoms with Gasteiger partial charge in [0, 0.05) is 11.4 Å². The molecule has 0 saturated carbocycles. The monoisotopic (exact) mass is 244 g/mol. The van der Waals surface area contributed by atoms with E-state index in [0.717, 1.165) is 0 Å². The second-order valence-corrected chi connectivity index (χ2v) is 5.55. The minimum Gasteiger partial charge on any atom is -0.302 e. The van der Waals surface area contributed by atoms with Crippen LogP contribution in [0.4, 0.5) is 0 Å². The Morgan fingerprint density at radius 2 is 2.12 bits per heavy atom. The van der Waals surface area contributed by atoms with Crippen molar-refractivity contribution in [3.8, 4) is 0 Å². The lowest BCUT2D eigenvalue weighted by Gasteiger charge is -2.21. The molecule has 0 amide bonds. The fourth-order valence-corrected chi connectivity index (χ4v) is 3.37. The van der Waals surface area contributed by atoms with Crippen molar-refractivity contribution in [3.63, 3.8) is 0 Å². The summed E-state index contributed by atoms with van der Waals surface area (Å²) in [5.74, 6) is 0. The Bertz CT molecular complexity index is 568. The first-order valence-electron chi connectivity index (χ1n) is 5.98. The Hall–Kier alpha value is -1.19. The molecule has 1 heterocycles. The van der Waals surface area contributed by atoms with Gasteiger partial charge in [-0.1, -0.05) is 24.3 Å². The molecule has 2 aromatic rings. The highest BCUT2D eigenvalue weighted by Gasteiger charge is 2.25. The number of benzene rings is 1. The number of aromatic nitrogens is 1. The van der Waals surface area contributed by atoms with E-state index in [1.54, 1.807) is 11.5 Å². The van der Waals surface area contributed by atoms with Gasteiger partial charge in [-0.2, -0.15) is 4.37 Å². The number of fused-ring (bicyclic) bond motifs is 1. The van der Waals surface area contributed by atoms with Gasteiger partial charge in [0.15, 0.2) is 0 Å². The van der Waals surface area contributed by atoms with Crippen LogP contribution < -0.4 is 0 Å². The normalized spacial score (nSPS) is 20.2. The maximum atomic E-state index is 4.66. The second-order valence-electron chi connectivity index (χ2n) is 4.74. The Morgan fingerprint density at radius 1 is 1.29 bits per heavy atom. The highest BCUT2D eigenvalue weighted by atomic mass is 32.1. The Labute approximate surface area is 106 Å². The SMILES string of the molecule is CN(C)C1CCC=C1c1nsc2ccccc12. The van der Waals surface area contributed by atoms with Gasteiger partial charge in [-0.25, -0.2) is 0 Å². The first-order chi connectivity index (χ1) is 8.27. The van der Waals surface area contributed by atoms with Crippen molar-refractivity contribution in [2.45, 2.75) is 18.9 Å². The Kier molecular flexibility index (Phi) is 2.73. The summed E-state index contributed by atoms with van der Waals surface area (Å²) >= 11 is 1.61. The average molecular weight is 244 g/mol. The van der Waals surface area contributed by atoms with Gasteiger partial charge in [-0.15, -0.1) is 0 Å². The van der Waals surface area contributed by atoms with Gasteiger partial charge < -0.3 is 4.90 Å². The molecule has 3 rings (SSSR count). The summed E-state index contributed by atoms with van der Waals surface area (Å²) in [6.45, 7) is 0. The van der Waals surface area contributed by atoms with Gasteiger partial charge in [-0.05, 0) is 50.1 Å². The van der Waals surface area contributed by atoms with E-state index in [0.29, 0.717) is 6.04 Å². The van der Waals surface area contributed by atoms with Gasteiger partial charge in [0.2, 0.25) is 0 Å². The molecule has 2 nitrogen and oxygen atoms in total. The standard InChI is InChI=1S/C14H16N2S/c1-16(2)12-8-5-7-10(12)14-11-6-3-4-9-13(11)17-15-14/h3-4,6-7,9,12H,5,8H2,1-2H3. The van der Waals surface area contributed by atoms with E-state index >= 15 is 0 Å². The summed E-state index contributed by atoms with van der Waals surface area (Å²) in [5, 5.41) is 1.30. The summed E-state index contributed by atoms with van der Waals surface area (Å²) < 4.78 is 5.94. The average Bonchev–Trinajstić information content (AvgIpc) is 2.94. The molecular formula is C14H16N2S. The second kappa shape index (κ2) is 4.24. The lowest BCUT2D eigenvalue weighted by Crippen LogP contribution is -2.26. The van der Waals surface area contributed by atoms with Crippen molar-refractivity contribution < 1.29 is 0 Å². The van der Waals surface area contributed by atoms with Crippen LogP contribution in [0.1, 0.15) is 18.5 Å². The molecule has 0 fully saturated rings. The lowest BCUT2D eigenvalue weighted by atomic mass is 10.0. The zero-order chi connectivity index (χ0) is 11.8. The quantitative estimate of drug-likeness (QED) is 0.805. The number of likely N-dealkylation sites (N-methyl/N-ethyl adjacent to an activating group) is 1. The predicted octanol–water partition coefficient (Wildman–Crippen LogP) is 3.40. The third kappa shape index (κ3) is 1.79. The van der Waals surface area contributed by atoms with Gasteiger partial charge in [0.1, 0.15) is 0 Å². The lowest BCUT2D eigenvalue weighted by molar-refractivity contribution is 0.347.